The van der Waals surface area contributed by atoms with E-state index in [0.717, 1.165) is 17.7 Å². The molecule has 1 aliphatic heterocycles. The van der Waals surface area contributed by atoms with Gasteiger partial charge in [0.2, 0.25) is 5.91 Å². The second kappa shape index (κ2) is 4.04. The van der Waals surface area contributed by atoms with E-state index >= 15 is 0 Å². The maximum absolute atomic E-state index is 11.6. The fraction of sp³-hybridized carbons (Fsp3) is 0.417. The van der Waals surface area contributed by atoms with Crippen molar-refractivity contribution in [3.63, 3.8) is 0 Å². The molecule has 1 heterocycles. The molecule has 1 aromatic rings. The van der Waals surface area contributed by atoms with Gasteiger partial charge in [-0.2, -0.15) is 0 Å². The molecule has 0 bridgehead atoms. The van der Waals surface area contributed by atoms with Crippen LogP contribution >= 0.6 is 0 Å². The molecular formula is C12H15NO3. The number of fused-ring (bicyclic) bond motifs is 1. The van der Waals surface area contributed by atoms with Crippen molar-refractivity contribution in [2.24, 2.45) is 0 Å². The van der Waals surface area contributed by atoms with Crippen LogP contribution < -0.4 is 14.4 Å². The molecular weight excluding hydrogens is 206 g/mol. The lowest BCUT2D eigenvalue weighted by Gasteiger charge is -2.26. The van der Waals surface area contributed by atoms with Crippen LogP contribution in [0.3, 0.4) is 0 Å². The van der Waals surface area contributed by atoms with Gasteiger partial charge in [0.15, 0.2) is 11.5 Å². The lowest BCUT2D eigenvalue weighted by molar-refractivity contribution is -0.118. The highest BCUT2D eigenvalue weighted by atomic mass is 16.5. The minimum atomic E-state index is 0.139. The average molecular weight is 221 g/mol. The number of aryl methyl sites for hydroxylation is 1. The summed E-state index contributed by atoms with van der Waals surface area (Å²) in [7, 11) is 4.99. The summed E-state index contributed by atoms with van der Waals surface area (Å²) in [6.45, 7) is 0. The Morgan fingerprint density at radius 1 is 1.12 bits per heavy atom. The number of hydrogen-bond acceptors (Lipinski definition) is 3. The topological polar surface area (TPSA) is 38.8 Å². The lowest BCUT2D eigenvalue weighted by atomic mass is 10.0. The molecule has 0 aliphatic carbocycles. The second-order valence-electron chi connectivity index (χ2n) is 3.79. The third kappa shape index (κ3) is 1.60. The predicted molar refractivity (Wildman–Crippen MR) is 61.3 cm³/mol. The number of carbonyl (C=O) groups is 1. The van der Waals surface area contributed by atoms with E-state index < -0.39 is 0 Å². The highest BCUT2D eigenvalue weighted by molar-refractivity contribution is 5.96. The van der Waals surface area contributed by atoms with Gasteiger partial charge < -0.3 is 14.4 Å². The highest BCUT2D eigenvalue weighted by Gasteiger charge is 2.23. The summed E-state index contributed by atoms with van der Waals surface area (Å²) >= 11 is 0. The predicted octanol–water partition coefficient (Wildman–Crippen LogP) is 1.61. The van der Waals surface area contributed by atoms with Gasteiger partial charge in [-0.3, -0.25) is 4.79 Å². The smallest absolute Gasteiger partial charge is 0.227 e. The quantitative estimate of drug-likeness (QED) is 0.761. The summed E-state index contributed by atoms with van der Waals surface area (Å²) in [5, 5.41) is 0. The molecule has 0 saturated heterocycles. The fourth-order valence-electron chi connectivity index (χ4n) is 1.97. The summed E-state index contributed by atoms with van der Waals surface area (Å²) in [4.78, 5) is 13.2. The number of rotatable bonds is 2. The van der Waals surface area contributed by atoms with E-state index in [2.05, 4.69) is 0 Å². The molecule has 0 fully saturated rings. The number of ether oxygens (including phenoxy) is 2. The van der Waals surface area contributed by atoms with Crippen molar-refractivity contribution in [2.75, 3.05) is 26.2 Å². The molecule has 0 saturated carbocycles. The molecule has 1 aliphatic rings. The minimum absolute atomic E-state index is 0.139. The Morgan fingerprint density at radius 2 is 1.75 bits per heavy atom. The van der Waals surface area contributed by atoms with E-state index in [1.54, 1.807) is 26.2 Å². The van der Waals surface area contributed by atoms with E-state index in [-0.39, 0.29) is 5.91 Å². The van der Waals surface area contributed by atoms with Crippen LogP contribution in [0.5, 0.6) is 11.5 Å². The molecule has 0 radical (unpaired) electrons. The number of carbonyl (C=O) groups excluding carboxylic acids is 1. The summed E-state index contributed by atoms with van der Waals surface area (Å²) < 4.78 is 10.5. The van der Waals surface area contributed by atoms with Crippen molar-refractivity contribution in [3.8, 4) is 11.5 Å². The molecule has 1 aromatic carbocycles. The molecule has 0 N–H and O–H groups in total. The number of benzene rings is 1. The van der Waals surface area contributed by atoms with E-state index in [1.165, 1.54) is 0 Å². The summed E-state index contributed by atoms with van der Waals surface area (Å²) in [6, 6.07) is 3.79. The summed E-state index contributed by atoms with van der Waals surface area (Å²) in [6.07, 6.45) is 1.32. The number of hydrogen-bond donors (Lipinski definition) is 0. The van der Waals surface area contributed by atoms with Crippen LogP contribution in [-0.2, 0) is 11.2 Å². The van der Waals surface area contributed by atoms with Crippen molar-refractivity contribution in [3.05, 3.63) is 17.7 Å². The average Bonchev–Trinajstić information content (AvgIpc) is 2.32. The van der Waals surface area contributed by atoms with Gasteiger partial charge in [0, 0.05) is 19.5 Å². The molecule has 1 amide bonds. The first-order valence-corrected chi connectivity index (χ1v) is 5.19. The van der Waals surface area contributed by atoms with Gasteiger partial charge in [-0.15, -0.1) is 0 Å². The third-order valence-corrected chi connectivity index (χ3v) is 2.93. The van der Waals surface area contributed by atoms with Crippen molar-refractivity contribution in [1.82, 2.24) is 0 Å². The van der Waals surface area contributed by atoms with Crippen molar-refractivity contribution in [2.45, 2.75) is 12.8 Å². The largest absolute Gasteiger partial charge is 0.493 e. The standard InChI is InChI=1S/C12H15NO3/c1-13-9-7-11(16-3)10(15-2)6-8(9)4-5-12(13)14/h6-7H,4-5H2,1-3H3. The normalized spacial score (nSPS) is 14.7. The number of amides is 1. The zero-order valence-electron chi connectivity index (χ0n) is 9.74. The van der Waals surface area contributed by atoms with E-state index in [4.69, 9.17) is 9.47 Å². The zero-order valence-corrected chi connectivity index (χ0v) is 9.74. The molecule has 4 nitrogen and oxygen atoms in total. The summed E-state index contributed by atoms with van der Waals surface area (Å²) in [5.74, 6) is 1.51. The van der Waals surface area contributed by atoms with Crippen LogP contribution in [0.25, 0.3) is 0 Å². The van der Waals surface area contributed by atoms with Crippen LogP contribution in [-0.4, -0.2) is 27.2 Å². The minimum Gasteiger partial charge on any atom is -0.493 e. The van der Waals surface area contributed by atoms with E-state index in [1.807, 2.05) is 12.1 Å². The van der Waals surface area contributed by atoms with Crippen LogP contribution in [0.4, 0.5) is 5.69 Å². The molecule has 0 spiro atoms. The van der Waals surface area contributed by atoms with Gasteiger partial charge >= 0.3 is 0 Å². The van der Waals surface area contributed by atoms with Gasteiger partial charge in [-0.25, -0.2) is 0 Å². The second-order valence-corrected chi connectivity index (χ2v) is 3.79. The van der Waals surface area contributed by atoms with E-state index in [9.17, 15) is 4.79 Å². The van der Waals surface area contributed by atoms with Gasteiger partial charge in [-0.05, 0) is 18.1 Å². The Kier molecular flexibility index (Phi) is 2.73. The molecule has 4 heteroatoms. The molecule has 2 rings (SSSR count). The number of methoxy groups -OCH3 is 2. The first-order chi connectivity index (χ1) is 7.67. The van der Waals surface area contributed by atoms with Crippen LogP contribution in [0.1, 0.15) is 12.0 Å². The molecule has 86 valence electrons. The molecule has 0 aromatic heterocycles. The van der Waals surface area contributed by atoms with Crippen LogP contribution in [0, 0.1) is 0 Å². The monoisotopic (exact) mass is 221 g/mol. The Balaban J connectivity index is 2.52. The SMILES string of the molecule is COc1cc2c(cc1OC)N(C)C(=O)CC2. The maximum atomic E-state index is 11.6. The van der Waals surface area contributed by atoms with Gasteiger partial charge in [-0.1, -0.05) is 0 Å². The maximum Gasteiger partial charge on any atom is 0.227 e. The van der Waals surface area contributed by atoms with Crippen LogP contribution in [0.2, 0.25) is 0 Å². The Morgan fingerprint density at radius 3 is 2.38 bits per heavy atom. The molecule has 0 atom stereocenters. The van der Waals surface area contributed by atoms with Crippen molar-refractivity contribution in [1.29, 1.82) is 0 Å². The Labute approximate surface area is 94.8 Å². The summed E-state index contributed by atoms with van der Waals surface area (Å²) in [5.41, 5.74) is 2.04. The zero-order chi connectivity index (χ0) is 11.7. The van der Waals surface area contributed by atoms with Crippen molar-refractivity contribution < 1.29 is 14.3 Å². The highest BCUT2D eigenvalue weighted by Crippen LogP contribution is 2.37. The first kappa shape index (κ1) is 10.8. The lowest BCUT2D eigenvalue weighted by Crippen LogP contribution is -2.31. The van der Waals surface area contributed by atoms with Gasteiger partial charge in [0.05, 0.1) is 19.9 Å². The van der Waals surface area contributed by atoms with Gasteiger partial charge in [0.25, 0.3) is 0 Å². The van der Waals surface area contributed by atoms with Crippen LogP contribution in [0.15, 0.2) is 12.1 Å². The molecule has 16 heavy (non-hydrogen) atoms. The van der Waals surface area contributed by atoms with Crippen molar-refractivity contribution >= 4 is 11.6 Å². The fourth-order valence-corrected chi connectivity index (χ4v) is 1.97. The first-order valence-electron chi connectivity index (χ1n) is 5.19. The molecule has 0 unspecified atom stereocenters. The Bertz CT molecular complexity index is 429. The number of nitrogens with zero attached hydrogens (tertiary/aromatic N) is 1. The Hall–Kier alpha value is -1.71. The van der Waals surface area contributed by atoms with E-state index in [0.29, 0.717) is 17.9 Å². The number of anilines is 1. The van der Waals surface area contributed by atoms with Gasteiger partial charge in [0.1, 0.15) is 0 Å². The third-order valence-electron chi connectivity index (χ3n) is 2.93.